The highest BCUT2D eigenvalue weighted by Gasteiger charge is 2.35. The molecule has 0 bridgehead atoms. The molecule has 102 valence electrons. The number of rotatable bonds is 7. The Morgan fingerprint density at radius 3 is 2.00 bits per heavy atom. The first-order valence-corrected chi connectivity index (χ1v) is 5.05. The number of aliphatic hydroxyl groups is 6. The van der Waals surface area contributed by atoms with Gasteiger partial charge in [0.2, 0.25) is 6.29 Å². The summed E-state index contributed by atoms with van der Waals surface area (Å²) >= 11 is 0. The molecule has 0 radical (unpaired) electrons. The molecule has 6 N–H and O–H groups in total. The predicted octanol–water partition coefficient (Wildman–Crippen LogP) is -3.31. The van der Waals surface area contributed by atoms with Crippen molar-refractivity contribution in [3.05, 3.63) is 0 Å². The zero-order valence-corrected chi connectivity index (χ0v) is 9.30. The van der Waals surface area contributed by atoms with Crippen LogP contribution in [-0.4, -0.2) is 73.9 Å². The van der Waals surface area contributed by atoms with E-state index in [1.165, 1.54) is 6.92 Å². The minimum Gasteiger partial charge on any atom is -0.433 e. The number of esters is 1. The number of ether oxygens (including phenoxy) is 1. The lowest BCUT2D eigenvalue weighted by Crippen LogP contribution is -2.50. The van der Waals surface area contributed by atoms with Crippen molar-refractivity contribution in [1.29, 1.82) is 0 Å². The van der Waals surface area contributed by atoms with E-state index in [-0.39, 0.29) is 6.42 Å². The Balaban J connectivity index is 4.37. The SMILES string of the molecule is CCC(=O)OC(O)[C@H](O)[C@@H](O)[C@H](O)[C@H](O)CO. The van der Waals surface area contributed by atoms with Crippen LogP contribution in [0, 0.1) is 0 Å². The van der Waals surface area contributed by atoms with E-state index in [1.54, 1.807) is 0 Å². The summed E-state index contributed by atoms with van der Waals surface area (Å²) in [4.78, 5) is 10.8. The predicted molar refractivity (Wildman–Crippen MR) is 53.5 cm³/mol. The maximum atomic E-state index is 10.8. The van der Waals surface area contributed by atoms with E-state index >= 15 is 0 Å². The molecule has 0 saturated heterocycles. The molecule has 0 saturated carbocycles. The van der Waals surface area contributed by atoms with Gasteiger partial charge in [-0.1, -0.05) is 6.92 Å². The first kappa shape index (κ1) is 16.2. The Morgan fingerprint density at radius 2 is 1.59 bits per heavy atom. The highest BCUT2D eigenvalue weighted by atomic mass is 16.6. The van der Waals surface area contributed by atoms with Crippen LogP contribution in [0.25, 0.3) is 0 Å². The van der Waals surface area contributed by atoms with Crippen molar-refractivity contribution in [3.8, 4) is 0 Å². The molecule has 0 aromatic carbocycles. The zero-order valence-electron chi connectivity index (χ0n) is 9.30. The summed E-state index contributed by atoms with van der Waals surface area (Å²) in [6.07, 6.45) is -9.61. The first-order valence-electron chi connectivity index (χ1n) is 5.05. The Hall–Kier alpha value is -0.770. The molecule has 8 heteroatoms. The van der Waals surface area contributed by atoms with E-state index in [1.807, 2.05) is 0 Å². The fraction of sp³-hybridized carbons (Fsp3) is 0.889. The minimum atomic E-state index is -2.03. The molecule has 0 aromatic heterocycles. The van der Waals surface area contributed by atoms with Gasteiger partial charge in [0.05, 0.1) is 6.61 Å². The summed E-state index contributed by atoms with van der Waals surface area (Å²) in [7, 11) is 0. The fourth-order valence-corrected chi connectivity index (χ4v) is 0.994. The number of hydrogen-bond acceptors (Lipinski definition) is 8. The third-order valence-electron chi connectivity index (χ3n) is 2.11. The third kappa shape index (κ3) is 4.94. The highest BCUT2D eigenvalue weighted by Crippen LogP contribution is 2.09. The van der Waals surface area contributed by atoms with E-state index in [2.05, 4.69) is 4.74 Å². The van der Waals surface area contributed by atoms with Crippen molar-refractivity contribution in [1.82, 2.24) is 0 Å². The summed E-state index contributed by atoms with van der Waals surface area (Å²) in [5.41, 5.74) is 0. The van der Waals surface area contributed by atoms with Gasteiger partial charge in [-0.25, -0.2) is 0 Å². The average molecular weight is 254 g/mol. The molecular formula is C9H18O8. The molecule has 0 aliphatic carbocycles. The maximum absolute atomic E-state index is 10.8. The Kier molecular flexibility index (Phi) is 7.19. The van der Waals surface area contributed by atoms with Crippen molar-refractivity contribution in [2.24, 2.45) is 0 Å². The van der Waals surface area contributed by atoms with Crippen molar-refractivity contribution >= 4 is 5.97 Å². The Labute approximate surface area is 97.7 Å². The highest BCUT2D eigenvalue weighted by molar-refractivity contribution is 5.68. The number of carbonyl (C=O) groups excluding carboxylic acids is 1. The minimum absolute atomic E-state index is 0.0400. The van der Waals surface area contributed by atoms with Gasteiger partial charge in [-0.3, -0.25) is 4.79 Å². The summed E-state index contributed by atoms with van der Waals surface area (Å²) in [5, 5.41) is 54.5. The van der Waals surface area contributed by atoms with Gasteiger partial charge in [0, 0.05) is 6.42 Å². The van der Waals surface area contributed by atoms with E-state index in [9.17, 15) is 25.2 Å². The molecule has 0 spiro atoms. The Morgan fingerprint density at radius 1 is 1.06 bits per heavy atom. The van der Waals surface area contributed by atoms with Crippen LogP contribution >= 0.6 is 0 Å². The average Bonchev–Trinajstić information content (AvgIpc) is 2.34. The molecule has 0 aliphatic rings. The summed E-state index contributed by atoms with van der Waals surface area (Å²) in [6, 6.07) is 0. The molecule has 8 nitrogen and oxygen atoms in total. The third-order valence-corrected chi connectivity index (χ3v) is 2.11. The van der Waals surface area contributed by atoms with Crippen LogP contribution in [-0.2, 0) is 9.53 Å². The molecule has 1 unspecified atom stereocenters. The van der Waals surface area contributed by atoms with Crippen LogP contribution < -0.4 is 0 Å². The maximum Gasteiger partial charge on any atom is 0.307 e. The van der Waals surface area contributed by atoms with Crippen molar-refractivity contribution in [3.63, 3.8) is 0 Å². The smallest absolute Gasteiger partial charge is 0.307 e. The zero-order chi connectivity index (χ0) is 13.6. The van der Waals surface area contributed by atoms with Crippen LogP contribution in [0.2, 0.25) is 0 Å². The van der Waals surface area contributed by atoms with E-state index in [0.29, 0.717) is 0 Å². The van der Waals surface area contributed by atoms with Gasteiger partial charge in [0.1, 0.15) is 24.4 Å². The van der Waals surface area contributed by atoms with E-state index < -0.39 is 43.3 Å². The van der Waals surface area contributed by atoms with Crippen LogP contribution in [0.5, 0.6) is 0 Å². The van der Waals surface area contributed by atoms with Crippen LogP contribution in [0.1, 0.15) is 13.3 Å². The molecule has 0 aromatic rings. The second-order valence-corrected chi connectivity index (χ2v) is 3.46. The molecule has 0 aliphatic heterocycles. The standard InChI is InChI=1S/C9H18O8/c1-2-5(12)17-9(16)8(15)7(14)6(13)4(11)3-10/h4,6-11,13-16H,2-3H2,1H3/t4-,6-,7+,8-,9?/m1/s1. The van der Waals surface area contributed by atoms with Crippen molar-refractivity contribution in [2.45, 2.75) is 44.1 Å². The molecular weight excluding hydrogens is 236 g/mol. The summed E-state index contributed by atoms with van der Waals surface area (Å²) in [5.74, 6) is -0.805. The number of hydrogen-bond donors (Lipinski definition) is 6. The lowest BCUT2D eigenvalue weighted by Gasteiger charge is -2.27. The van der Waals surface area contributed by atoms with Gasteiger partial charge in [-0.15, -0.1) is 0 Å². The van der Waals surface area contributed by atoms with Gasteiger partial charge in [0.15, 0.2) is 0 Å². The van der Waals surface area contributed by atoms with E-state index in [4.69, 9.17) is 10.2 Å². The number of carbonyl (C=O) groups is 1. The lowest BCUT2D eigenvalue weighted by atomic mass is 10.0. The molecule has 0 rings (SSSR count). The largest absolute Gasteiger partial charge is 0.433 e. The number of aliphatic hydroxyl groups excluding tert-OH is 6. The van der Waals surface area contributed by atoms with Crippen molar-refractivity contribution < 1.29 is 40.2 Å². The summed E-state index contributed by atoms with van der Waals surface area (Å²) < 4.78 is 4.30. The van der Waals surface area contributed by atoms with Crippen molar-refractivity contribution in [2.75, 3.05) is 6.61 Å². The molecule has 0 fully saturated rings. The second kappa shape index (κ2) is 7.54. The quantitative estimate of drug-likeness (QED) is 0.204. The van der Waals surface area contributed by atoms with Gasteiger partial charge in [-0.05, 0) is 0 Å². The van der Waals surface area contributed by atoms with E-state index in [0.717, 1.165) is 0 Å². The molecule has 5 atom stereocenters. The topological polar surface area (TPSA) is 148 Å². The first-order chi connectivity index (χ1) is 7.84. The van der Waals surface area contributed by atoms with Gasteiger partial charge < -0.3 is 35.4 Å². The van der Waals surface area contributed by atoms with Gasteiger partial charge in [0.25, 0.3) is 0 Å². The molecule has 17 heavy (non-hydrogen) atoms. The summed E-state index contributed by atoms with van der Waals surface area (Å²) in [6.45, 7) is 0.623. The van der Waals surface area contributed by atoms with Crippen LogP contribution in [0.15, 0.2) is 0 Å². The fourth-order valence-electron chi connectivity index (χ4n) is 0.994. The monoisotopic (exact) mass is 254 g/mol. The van der Waals surface area contributed by atoms with Gasteiger partial charge >= 0.3 is 5.97 Å². The van der Waals surface area contributed by atoms with Gasteiger partial charge in [-0.2, -0.15) is 0 Å². The van der Waals surface area contributed by atoms with Crippen LogP contribution in [0.3, 0.4) is 0 Å². The second-order valence-electron chi connectivity index (χ2n) is 3.46. The lowest BCUT2D eigenvalue weighted by molar-refractivity contribution is -0.213. The normalized spacial score (nSPS) is 20.2. The van der Waals surface area contributed by atoms with Crippen LogP contribution in [0.4, 0.5) is 0 Å². The molecule has 0 amide bonds. The molecule has 0 heterocycles. The Bertz CT molecular complexity index is 233.